The summed E-state index contributed by atoms with van der Waals surface area (Å²) in [6.07, 6.45) is 8.10. The first kappa shape index (κ1) is 25.1. The van der Waals surface area contributed by atoms with Crippen molar-refractivity contribution in [1.29, 1.82) is 0 Å². The van der Waals surface area contributed by atoms with Crippen LogP contribution in [0, 0.1) is 23.6 Å². The number of nitrogens with zero attached hydrogens (tertiary/aromatic N) is 2. The number of benzene rings is 2. The Kier molecular flexibility index (Phi) is 7.17. The first-order valence-electron chi connectivity index (χ1n) is 14.0. The number of halogens is 1. The maximum Gasteiger partial charge on any atom is 0.191 e. The molecule has 4 fully saturated rings. The van der Waals surface area contributed by atoms with Crippen LogP contribution in [0.1, 0.15) is 62.0 Å². The molecular weight excluding hydrogens is 483 g/mol. The third-order valence-electron chi connectivity index (χ3n) is 9.37. The number of aromatic nitrogens is 1. The van der Waals surface area contributed by atoms with Crippen LogP contribution in [0.5, 0.6) is 0 Å². The van der Waals surface area contributed by atoms with Crippen LogP contribution in [-0.2, 0) is 12.1 Å². The number of aliphatic hydroxyl groups is 1. The highest BCUT2D eigenvalue weighted by molar-refractivity contribution is 7.99. The van der Waals surface area contributed by atoms with Crippen molar-refractivity contribution in [3.63, 3.8) is 0 Å². The van der Waals surface area contributed by atoms with E-state index in [1.165, 1.54) is 32.4 Å². The van der Waals surface area contributed by atoms with Gasteiger partial charge in [0.1, 0.15) is 23.7 Å². The molecule has 1 unspecified atom stereocenters. The van der Waals surface area contributed by atoms with E-state index in [0.717, 1.165) is 71.1 Å². The number of fused-ring (bicyclic) bond motifs is 3. The average Bonchev–Trinajstić information content (AvgIpc) is 3.42. The fraction of sp³-hybridized carbons (Fsp3) is 0.516. The molecule has 2 atom stereocenters. The highest BCUT2D eigenvalue weighted by Crippen LogP contribution is 2.45. The number of thioether (sulfide) groups is 1. The van der Waals surface area contributed by atoms with Crippen molar-refractivity contribution in [3.05, 3.63) is 83.5 Å². The Balaban J connectivity index is 1.19. The highest BCUT2D eigenvalue weighted by atomic mass is 32.2. The van der Waals surface area contributed by atoms with Crippen molar-refractivity contribution in [2.75, 3.05) is 25.4 Å². The molecule has 1 aromatic heterocycles. The Labute approximate surface area is 223 Å². The maximum absolute atomic E-state index is 13.3. The van der Waals surface area contributed by atoms with E-state index in [1.54, 1.807) is 12.1 Å². The molecule has 0 spiro atoms. The van der Waals surface area contributed by atoms with Crippen LogP contribution in [0.2, 0.25) is 0 Å². The van der Waals surface area contributed by atoms with Gasteiger partial charge in [-0.1, -0.05) is 54.8 Å². The molecule has 3 aliphatic heterocycles. The van der Waals surface area contributed by atoms with Gasteiger partial charge in [0.15, 0.2) is 5.76 Å². The predicted molar refractivity (Wildman–Crippen MR) is 144 cm³/mol. The summed E-state index contributed by atoms with van der Waals surface area (Å²) in [7, 11) is 0. The van der Waals surface area contributed by atoms with Crippen LogP contribution >= 0.6 is 11.8 Å². The average molecular weight is 522 g/mol. The maximum atomic E-state index is 13.3. The fourth-order valence-electron chi connectivity index (χ4n) is 7.28. The molecule has 4 nitrogen and oxygen atoms in total. The summed E-state index contributed by atoms with van der Waals surface area (Å²) in [5.41, 5.74) is 0.492. The topological polar surface area (TPSA) is 46.3 Å². The zero-order chi connectivity index (χ0) is 25.3. The number of piperidine rings is 3. The Bertz CT molecular complexity index is 1170. The number of quaternary nitrogens is 1. The van der Waals surface area contributed by atoms with Crippen molar-refractivity contribution in [2.24, 2.45) is 17.8 Å². The zero-order valence-corrected chi connectivity index (χ0v) is 22.3. The molecule has 6 heteroatoms. The van der Waals surface area contributed by atoms with Gasteiger partial charge in [0.05, 0.1) is 19.6 Å². The third kappa shape index (κ3) is 5.13. The van der Waals surface area contributed by atoms with E-state index >= 15 is 0 Å². The molecule has 0 radical (unpaired) electrons. The van der Waals surface area contributed by atoms with E-state index in [2.05, 4.69) is 11.2 Å². The first-order valence-corrected chi connectivity index (χ1v) is 15.0. The van der Waals surface area contributed by atoms with Crippen LogP contribution in [0.4, 0.5) is 4.39 Å². The summed E-state index contributed by atoms with van der Waals surface area (Å²) in [6, 6.07) is 19.0. The van der Waals surface area contributed by atoms with Crippen LogP contribution in [0.15, 0.2) is 70.1 Å². The van der Waals surface area contributed by atoms with Gasteiger partial charge in [-0.15, -0.1) is 11.8 Å². The van der Waals surface area contributed by atoms with Crippen LogP contribution in [0.3, 0.4) is 0 Å². The molecule has 4 heterocycles. The lowest BCUT2D eigenvalue weighted by molar-refractivity contribution is -0.959. The molecule has 3 saturated heterocycles. The Morgan fingerprint density at radius 1 is 0.973 bits per heavy atom. The van der Waals surface area contributed by atoms with Gasteiger partial charge in [-0.2, -0.15) is 0 Å². The van der Waals surface area contributed by atoms with Crippen molar-refractivity contribution in [3.8, 4) is 0 Å². The smallest absolute Gasteiger partial charge is 0.191 e. The highest BCUT2D eigenvalue weighted by Gasteiger charge is 2.47. The summed E-state index contributed by atoms with van der Waals surface area (Å²) in [4.78, 5) is 1.15. The summed E-state index contributed by atoms with van der Waals surface area (Å²) in [6.45, 7) is 4.36. The second-order valence-electron chi connectivity index (χ2n) is 11.6. The molecular formula is C31H38FN2O2S+. The fourth-order valence-corrected chi connectivity index (χ4v) is 8.40. The predicted octanol–water partition coefficient (Wildman–Crippen LogP) is 6.78. The minimum atomic E-state index is -1.10. The van der Waals surface area contributed by atoms with Gasteiger partial charge in [0.2, 0.25) is 0 Å². The quantitative estimate of drug-likeness (QED) is 0.262. The van der Waals surface area contributed by atoms with Crippen molar-refractivity contribution < 1.29 is 18.5 Å². The van der Waals surface area contributed by atoms with Crippen molar-refractivity contribution >= 4 is 11.8 Å². The lowest BCUT2D eigenvalue weighted by Crippen LogP contribution is -2.61. The second-order valence-corrected chi connectivity index (χ2v) is 12.7. The van der Waals surface area contributed by atoms with Gasteiger partial charge in [-0.05, 0) is 54.5 Å². The molecule has 1 aliphatic carbocycles. The molecule has 4 aliphatic rings. The molecule has 2 aromatic carbocycles. The molecule has 196 valence electrons. The molecule has 7 rings (SSSR count). The zero-order valence-electron chi connectivity index (χ0n) is 21.5. The molecule has 37 heavy (non-hydrogen) atoms. The van der Waals surface area contributed by atoms with Crippen LogP contribution in [-0.4, -0.2) is 40.1 Å². The summed E-state index contributed by atoms with van der Waals surface area (Å²) in [5.74, 6) is 3.40. The van der Waals surface area contributed by atoms with E-state index < -0.39 is 5.60 Å². The Morgan fingerprint density at radius 3 is 2.43 bits per heavy atom. The van der Waals surface area contributed by atoms with E-state index in [0.29, 0.717) is 11.6 Å². The standard InChI is InChI=1S/C31H38FN2O2S/c32-27-11-13-29(14-12-27)37-22-24-20-34(17-15-23(24)16-18-34)21-28-19-30(33-36-28)31(35,25-7-3-1-4-8-25)26-9-5-2-6-10-26/h1,3-4,7-8,11-14,19,23-24,26,35H,2,5-6,9-10,15-18,20-22H2/q+1/t23?,24-,31?,34?/m0/s1. The lowest BCUT2D eigenvalue weighted by atomic mass is 9.71. The minimum Gasteiger partial charge on any atom is -0.378 e. The SMILES string of the molecule is OC(c1ccccc1)(c1cc(C[N+]23CCC(CC2)[C@H](CSc2ccc(F)cc2)C3)on1)C1CCCCC1. The second kappa shape index (κ2) is 10.5. The summed E-state index contributed by atoms with van der Waals surface area (Å²) >= 11 is 1.86. The number of rotatable bonds is 8. The van der Waals surface area contributed by atoms with E-state index in [1.807, 2.05) is 54.2 Å². The summed E-state index contributed by atoms with van der Waals surface area (Å²) in [5, 5.41) is 16.7. The van der Waals surface area contributed by atoms with Gasteiger partial charge < -0.3 is 14.1 Å². The largest absolute Gasteiger partial charge is 0.378 e. The molecule has 1 N–H and O–H groups in total. The molecule has 1 saturated carbocycles. The van der Waals surface area contributed by atoms with Gasteiger partial charge in [-0.3, -0.25) is 0 Å². The minimum absolute atomic E-state index is 0.159. The van der Waals surface area contributed by atoms with E-state index in [4.69, 9.17) is 4.52 Å². The molecule has 3 aromatic rings. The number of hydrogen-bond donors (Lipinski definition) is 1. The lowest BCUT2D eigenvalue weighted by Gasteiger charge is -2.52. The first-order chi connectivity index (χ1) is 18.0. The molecule has 0 amide bonds. The number of hydrogen-bond acceptors (Lipinski definition) is 4. The Hall–Kier alpha value is -2.15. The van der Waals surface area contributed by atoms with E-state index in [-0.39, 0.29) is 11.7 Å². The normalized spacial score (nSPS) is 27.7. The summed E-state index contributed by atoms with van der Waals surface area (Å²) < 4.78 is 20.3. The van der Waals surface area contributed by atoms with Crippen molar-refractivity contribution in [2.45, 2.75) is 62.0 Å². The van der Waals surface area contributed by atoms with Crippen LogP contribution < -0.4 is 0 Å². The van der Waals surface area contributed by atoms with Crippen molar-refractivity contribution in [1.82, 2.24) is 5.16 Å². The molecule has 2 bridgehead atoms. The van der Waals surface area contributed by atoms with Crippen LogP contribution in [0.25, 0.3) is 0 Å². The van der Waals surface area contributed by atoms with Gasteiger partial charge in [0, 0.05) is 35.5 Å². The van der Waals surface area contributed by atoms with Gasteiger partial charge >= 0.3 is 0 Å². The van der Waals surface area contributed by atoms with E-state index in [9.17, 15) is 9.50 Å². The third-order valence-corrected chi connectivity index (χ3v) is 10.6. The Morgan fingerprint density at radius 2 is 1.70 bits per heavy atom. The monoisotopic (exact) mass is 521 g/mol. The van der Waals surface area contributed by atoms with Gasteiger partial charge in [-0.25, -0.2) is 4.39 Å². The van der Waals surface area contributed by atoms with Gasteiger partial charge in [0.25, 0.3) is 0 Å².